The van der Waals surface area contributed by atoms with Crippen molar-refractivity contribution in [1.29, 1.82) is 0 Å². The van der Waals surface area contributed by atoms with Crippen LogP contribution >= 0.6 is 11.3 Å². The second-order valence-electron chi connectivity index (χ2n) is 7.78. The molecule has 0 spiro atoms. The lowest BCUT2D eigenvalue weighted by molar-refractivity contribution is -0.127. The Kier molecular flexibility index (Phi) is 5.85. The van der Waals surface area contributed by atoms with Crippen LogP contribution in [0.1, 0.15) is 46.3 Å². The molecule has 2 aliphatic rings. The zero-order valence-corrected chi connectivity index (χ0v) is 18.3. The molecule has 1 unspecified atom stereocenters. The van der Waals surface area contributed by atoms with Gasteiger partial charge >= 0.3 is 0 Å². The number of hydrogen-bond donors (Lipinski definition) is 1. The number of benzene rings is 1. The van der Waals surface area contributed by atoms with E-state index in [0.29, 0.717) is 18.2 Å². The highest BCUT2D eigenvalue weighted by molar-refractivity contribution is 7.11. The van der Waals surface area contributed by atoms with E-state index in [2.05, 4.69) is 51.4 Å². The van der Waals surface area contributed by atoms with Crippen molar-refractivity contribution in [3.05, 3.63) is 45.4 Å². The Balaban J connectivity index is 1.46. The molecule has 1 atom stereocenters. The van der Waals surface area contributed by atoms with E-state index < -0.39 is 0 Å². The van der Waals surface area contributed by atoms with Crippen molar-refractivity contribution in [3.8, 4) is 0 Å². The molecule has 1 aromatic carbocycles. The summed E-state index contributed by atoms with van der Waals surface area (Å²) in [5.41, 5.74) is 3.66. The number of carbonyl (C=O) groups excluding carboxylic acids is 1. The lowest BCUT2D eigenvalue weighted by Gasteiger charge is -2.23. The Labute approximate surface area is 176 Å². The van der Waals surface area contributed by atoms with Gasteiger partial charge in [0, 0.05) is 49.6 Å². The number of amides is 1. The number of nitrogens with zero attached hydrogens (tertiary/aromatic N) is 4. The van der Waals surface area contributed by atoms with Gasteiger partial charge in [0.25, 0.3) is 0 Å². The third-order valence-corrected chi connectivity index (χ3v) is 6.94. The van der Waals surface area contributed by atoms with Gasteiger partial charge in [-0.25, -0.2) is 4.98 Å². The first-order chi connectivity index (χ1) is 14.1. The first kappa shape index (κ1) is 19.9. The Hall–Kier alpha value is -2.41. The number of likely N-dealkylation sites (tertiary alicyclic amines) is 1. The summed E-state index contributed by atoms with van der Waals surface area (Å²) in [5, 5.41) is 4.62. The molecule has 0 aliphatic carbocycles. The normalized spacial score (nSPS) is 19.2. The fourth-order valence-electron chi connectivity index (χ4n) is 4.39. The monoisotopic (exact) mass is 411 g/mol. The second kappa shape index (κ2) is 8.53. The van der Waals surface area contributed by atoms with E-state index in [1.54, 1.807) is 11.3 Å². The van der Waals surface area contributed by atoms with Crippen LogP contribution in [0.25, 0.3) is 0 Å². The van der Waals surface area contributed by atoms with Crippen molar-refractivity contribution < 1.29 is 4.79 Å². The molecule has 2 aromatic rings. The third kappa shape index (κ3) is 4.15. The SMILES string of the molecule is CN=C(NCc1sc(C)nc1C)N1CC(CCN2CCCC2=O)c2ccccc21. The number of thiazole rings is 1. The Morgan fingerprint density at radius 1 is 1.34 bits per heavy atom. The molecule has 29 heavy (non-hydrogen) atoms. The molecule has 0 bridgehead atoms. The minimum atomic E-state index is 0.306. The molecule has 1 N–H and O–H groups in total. The zero-order chi connectivity index (χ0) is 20.4. The van der Waals surface area contributed by atoms with Gasteiger partial charge in [-0.1, -0.05) is 18.2 Å². The minimum Gasteiger partial charge on any atom is -0.351 e. The van der Waals surface area contributed by atoms with Gasteiger partial charge in [-0.2, -0.15) is 0 Å². The van der Waals surface area contributed by atoms with Crippen LogP contribution in [-0.2, 0) is 11.3 Å². The van der Waals surface area contributed by atoms with Crippen LogP contribution in [0, 0.1) is 13.8 Å². The molecule has 1 aromatic heterocycles. The number of carbonyl (C=O) groups is 1. The molecular weight excluding hydrogens is 382 g/mol. The molecule has 1 fully saturated rings. The molecule has 7 heteroatoms. The quantitative estimate of drug-likeness (QED) is 0.605. The molecule has 1 amide bonds. The topological polar surface area (TPSA) is 60.8 Å². The van der Waals surface area contributed by atoms with Crippen molar-refractivity contribution >= 4 is 28.9 Å². The minimum absolute atomic E-state index is 0.306. The number of rotatable bonds is 5. The van der Waals surface area contributed by atoms with Gasteiger partial charge in [-0.05, 0) is 38.3 Å². The number of aryl methyl sites for hydroxylation is 2. The van der Waals surface area contributed by atoms with Crippen molar-refractivity contribution in [2.75, 3.05) is 31.6 Å². The maximum absolute atomic E-state index is 12.0. The molecule has 1 saturated heterocycles. The summed E-state index contributed by atoms with van der Waals surface area (Å²) >= 11 is 1.73. The average Bonchev–Trinajstić information content (AvgIpc) is 3.38. The lowest BCUT2D eigenvalue weighted by Crippen LogP contribution is -2.40. The van der Waals surface area contributed by atoms with Crippen molar-refractivity contribution in [1.82, 2.24) is 15.2 Å². The van der Waals surface area contributed by atoms with Crippen molar-refractivity contribution in [2.24, 2.45) is 4.99 Å². The molecule has 0 saturated carbocycles. The van der Waals surface area contributed by atoms with E-state index in [9.17, 15) is 4.79 Å². The highest BCUT2D eigenvalue weighted by Crippen LogP contribution is 2.38. The predicted octanol–water partition coefficient (Wildman–Crippen LogP) is 3.45. The summed E-state index contributed by atoms with van der Waals surface area (Å²) in [7, 11) is 1.84. The molecule has 4 rings (SSSR count). The maximum Gasteiger partial charge on any atom is 0.222 e. The van der Waals surface area contributed by atoms with E-state index >= 15 is 0 Å². The number of guanidine groups is 1. The van der Waals surface area contributed by atoms with Crippen LogP contribution in [-0.4, -0.2) is 48.4 Å². The van der Waals surface area contributed by atoms with Gasteiger partial charge in [0.2, 0.25) is 5.91 Å². The van der Waals surface area contributed by atoms with Crippen LogP contribution in [0.2, 0.25) is 0 Å². The van der Waals surface area contributed by atoms with Crippen LogP contribution < -0.4 is 10.2 Å². The first-order valence-electron chi connectivity index (χ1n) is 10.3. The highest BCUT2D eigenvalue weighted by atomic mass is 32.1. The smallest absolute Gasteiger partial charge is 0.222 e. The Morgan fingerprint density at radius 2 is 2.17 bits per heavy atom. The first-order valence-corrected chi connectivity index (χ1v) is 11.2. The van der Waals surface area contributed by atoms with Gasteiger partial charge in [-0.3, -0.25) is 9.79 Å². The number of nitrogens with one attached hydrogen (secondary N) is 1. The lowest BCUT2D eigenvalue weighted by atomic mass is 9.98. The second-order valence-corrected chi connectivity index (χ2v) is 9.07. The van der Waals surface area contributed by atoms with Crippen molar-refractivity contribution in [2.45, 2.75) is 45.6 Å². The fraction of sp³-hybridized carbons (Fsp3) is 0.500. The number of anilines is 1. The number of para-hydroxylation sites is 1. The summed E-state index contributed by atoms with van der Waals surface area (Å²) < 4.78 is 0. The van der Waals surface area contributed by atoms with Gasteiger partial charge in [-0.15, -0.1) is 11.3 Å². The number of hydrogen-bond acceptors (Lipinski definition) is 4. The third-order valence-electron chi connectivity index (χ3n) is 5.86. The summed E-state index contributed by atoms with van der Waals surface area (Å²) in [5.74, 6) is 1.61. The summed E-state index contributed by atoms with van der Waals surface area (Å²) in [6.45, 7) is 7.48. The molecule has 6 nitrogen and oxygen atoms in total. The largest absolute Gasteiger partial charge is 0.351 e. The zero-order valence-electron chi connectivity index (χ0n) is 17.4. The standard InChI is InChI=1S/C22H29N5OS/c1-15-20(29-16(2)25-15)13-24-22(23-3)27-14-17(18-7-4-5-8-19(18)27)10-12-26-11-6-9-21(26)28/h4-5,7-8,17H,6,9-14H2,1-3H3,(H,23,24). The number of aromatic nitrogens is 1. The predicted molar refractivity (Wildman–Crippen MR) is 119 cm³/mol. The van der Waals surface area contributed by atoms with Crippen LogP contribution in [0.15, 0.2) is 29.3 Å². The van der Waals surface area contributed by atoms with E-state index in [0.717, 1.165) is 55.7 Å². The van der Waals surface area contributed by atoms with E-state index in [4.69, 9.17) is 0 Å². The van der Waals surface area contributed by atoms with E-state index in [-0.39, 0.29) is 0 Å². The molecule has 154 valence electrons. The van der Waals surface area contributed by atoms with Gasteiger partial charge in [0.1, 0.15) is 0 Å². The Morgan fingerprint density at radius 3 is 2.86 bits per heavy atom. The molecule has 2 aliphatic heterocycles. The summed E-state index contributed by atoms with van der Waals surface area (Å²) in [4.78, 5) is 26.6. The summed E-state index contributed by atoms with van der Waals surface area (Å²) in [6, 6.07) is 8.58. The van der Waals surface area contributed by atoms with Gasteiger partial charge in [0.15, 0.2) is 5.96 Å². The summed E-state index contributed by atoms with van der Waals surface area (Å²) in [6.07, 6.45) is 2.70. The van der Waals surface area contributed by atoms with E-state index in [1.807, 2.05) is 18.9 Å². The van der Waals surface area contributed by atoms with Gasteiger partial charge in [0.05, 0.1) is 17.2 Å². The Bertz CT molecular complexity index is 922. The van der Waals surface area contributed by atoms with E-state index in [1.165, 1.54) is 16.1 Å². The fourth-order valence-corrected chi connectivity index (χ4v) is 5.26. The molecule has 3 heterocycles. The van der Waals surface area contributed by atoms with Crippen molar-refractivity contribution in [3.63, 3.8) is 0 Å². The average molecular weight is 412 g/mol. The maximum atomic E-state index is 12.0. The molecular formula is C22H29N5OS. The van der Waals surface area contributed by atoms with Crippen LogP contribution in [0.5, 0.6) is 0 Å². The van der Waals surface area contributed by atoms with Gasteiger partial charge < -0.3 is 15.1 Å². The van der Waals surface area contributed by atoms with Crippen LogP contribution in [0.4, 0.5) is 5.69 Å². The highest BCUT2D eigenvalue weighted by Gasteiger charge is 2.32. The number of aliphatic imine (C=N–C) groups is 1. The number of fused-ring (bicyclic) bond motifs is 1. The van der Waals surface area contributed by atoms with Crippen LogP contribution in [0.3, 0.4) is 0 Å². The molecule has 0 radical (unpaired) electrons.